The summed E-state index contributed by atoms with van der Waals surface area (Å²) >= 11 is 1.62. The fraction of sp³-hybridized carbons (Fsp3) is 0.571. The lowest BCUT2D eigenvalue weighted by Gasteiger charge is -2.21. The zero-order chi connectivity index (χ0) is 11.4. The third-order valence-electron chi connectivity index (χ3n) is 3.49. The zero-order valence-corrected chi connectivity index (χ0v) is 10.7. The summed E-state index contributed by atoms with van der Waals surface area (Å²) in [6.45, 7) is 0. The van der Waals surface area contributed by atoms with E-state index in [1.54, 1.807) is 11.8 Å². The minimum absolute atomic E-state index is 0.417. The maximum atomic E-state index is 9.62. The Labute approximate surface area is 102 Å². The largest absolute Gasteiger partial charge is 0.507 e. The van der Waals surface area contributed by atoms with Crippen LogP contribution in [0.5, 0.6) is 5.75 Å². The molecule has 0 atom stereocenters. The summed E-state index contributed by atoms with van der Waals surface area (Å²) in [6, 6.07) is 6.06. The first-order valence-corrected chi connectivity index (χ1v) is 7.38. The Morgan fingerprint density at radius 2 is 2.00 bits per heavy atom. The number of hydrogen-bond donors (Lipinski definition) is 1. The van der Waals surface area contributed by atoms with Gasteiger partial charge in [-0.1, -0.05) is 38.2 Å². The summed E-state index contributed by atoms with van der Waals surface area (Å²) in [4.78, 5) is 1.01. The lowest BCUT2D eigenvalue weighted by atomic mass is 9.85. The van der Waals surface area contributed by atoms with Crippen molar-refractivity contribution in [1.82, 2.24) is 0 Å². The van der Waals surface area contributed by atoms with Gasteiger partial charge in [-0.15, -0.1) is 11.8 Å². The third-order valence-corrected chi connectivity index (χ3v) is 4.26. The first-order valence-electron chi connectivity index (χ1n) is 6.15. The van der Waals surface area contributed by atoms with Gasteiger partial charge >= 0.3 is 0 Å². The van der Waals surface area contributed by atoms with Crippen molar-refractivity contribution < 1.29 is 5.11 Å². The van der Waals surface area contributed by atoms with Crippen LogP contribution in [0.15, 0.2) is 23.1 Å². The van der Waals surface area contributed by atoms with Crippen LogP contribution in [0, 0.1) is 5.92 Å². The van der Waals surface area contributed by atoms with Gasteiger partial charge in [0.25, 0.3) is 0 Å². The fourth-order valence-corrected chi connectivity index (χ4v) is 3.12. The van der Waals surface area contributed by atoms with Crippen molar-refractivity contribution >= 4 is 11.8 Å². The van der Waals surface area contributed by atoms with Crippen molar-refractivity contribution in [3.63, 3.8) is 0 Å². The molecule has 1 aromatic rings. The van der Waals surface area contributed by atoms with Crippen LogP contribution in [0.1, 0.15) is 37.7 Å². The van der Waals surface area contributed by atoms with Crippen LogP contribution in [0.3, 0.4) is 0 Å². The molecule has 16 heavy (non-hydrogen) atoms. The highest BCUT2D eigenvalue weighted by atomic mass is 32.2. The van der Waals surface area contributed by atoms with Gasteiger partial charge in [-0.25, -0.2) is 0 Å². The molecule has 0 radical (unpaired) electrons. The number of rotatable bonds is 3. The van der Waals surface area contributed by atoms with E-state index in [9.17, 15) is 5.11 Å². The van der Waals surface area contributed by atoms with Crippen LogP contribution in [-0.2, 0) is 6.42 Å². The molecule has 1 aliphatic rings. The van der Waals surface area contributed by atoms with Crippen LogP contribution in [0.4, 0.5) is 0 Å². The molecule has 1 nitrogen and oxygen atoms in total. The average molecular weight is 236 g/mol. The average Bonchev–Trinajstić information content (AvgIpc) is 2.33. The molecular formula is C14H20OS. The summed E-state index contributed by atoms with van der Waals surface area (Å²) < 4.78 is 0. The SMILES string of the molecule is CSc1cc(CC2CCCCC2)ccc1O. The lowest BCUT2D eigenvalue weighted by molar-refractivity contribution is 0.356. The normalized spacial score (nSPS) is 17.6. The molecule has 0 unspecified atom stereocenters. The number of aromatic hydroxyl groups is 1. The van der Waals surface area contributed by atoms with Crippen LogP contribution >= 0.6 is 11.8 Å². The Balaban J connectivity index is 2.03. The highest BCUT2D eigenvalue weighted by Crippen LogP contribution is 2.31. The van der Waals surface area contributed by atoms with E-state index < -0.39 is 0 Å². The van der Waals surface area contributed by atoms with E-state index in [1.807, 2.05) is 12.3 Å². The smallest absolute Gasteiger partial charge is 0.129 e. The number of phenolic OH excluding ortho intramolecular Hbond substituents is 1. The molecule has 0 amide bonds. The highest BCUT2D eigenvalue weighted by Gasteiger charge is 2.14. The van der Waals surface area contributed by atoms with Gasteiger partial charge in [0.1, 0.15) is 5.75 Å². The van der Waals surface area contributed by atoms with E-state index in [2.05, 4.69) is 12.1 Å². The standard InChI is InChI=1S/C14H20OS/c1-16-14-10-12(7-8-13(14)15)9-11-5-3-2-4-6-11/h7-8,10-11,15H,2-6,9H2,1H3. The van der Waals surface area contributed by atoms with Gasteiger partial charge in [0.05, 0.1) is 0 Å². The van der Waals surface area contributed by atoms with E-state index in [4.69, 9.17) is 0 Å². The Morgan fingerprint density at radius 1 is 1.25 bits per heavy atom. The second-order valence-corrected chi connectivity index (χ2v) is 5.56. The van der Waals surface area contributed by atoms with Gasteiger partial charge in [0.2, 0.25) is 0 Å². The van der Waals surface area contributed by atoms with E-state index in [0.29, 0.717) is 5.75 Å². The maximum Gasteiger partial charge on any atom is 0.129 e. The first kappa shape index (κ1) is 11.8. The zero-order valence-electron chi connectivity index (χ0n) is 9.91. The topological polar surface area (TPSA) is 20.2 Å². The molecule has 0 heterocycles. The predicted molar refractivity (Wildman–Crippen MR) is 70.2 cm³/mol. The van der Waals surface area contributed by atoms with Gasteiger partial charge < -0.3 is 5.11 Å². The molecule has 88 valence electrons. The van der Waals surface area contributed by atoms with E-state index in [-0.39, 0.29) is 0 Å². The molecule has 2 rings (SSSR count). The van der Waals surface area contributed by atoms with E-state index in [0.717, 1.165) is 10.8 Å². The molecule has 0 bridgehead atoms. The van der Waals surface area contributed by atoms with E-state index in [1.165, 1.54) is 44.1 Å². The Bertz CT molecular complexity index is 343. The molecule has 0 saturated heterocycles. The number of thioether (sulfide) groups is 1. The van der Waals surface area contributed by atoms with Gasteiger partial charge in [-0.3, -0.25) is 0 Å². The molecule has 1 aromatic carbocycles. The molecule has 0 spiro atoms. The van der Waals surface area contributed by atoms with Crippen molar-refractivity contribution in [2.24, 2.45) is 5.92 Å². The van der Waals surface area contributed by atoms with Crippen LogP contribution in [0.2, 0.25) is 0 Å². The summed E-state index contributed by atoms with van der Waals surface area (Å²) in [7, 11) is 0. The summed E-state index contributed by atoms with van der Waals surface area (Å²) in [6.07, 6.45) is 10.2. The molecule has 1 N–H and O–H groups in total. The molecule has 1 saturated carbocycles. The summed E-state index contributed by atoms with van der Waals surface area (Å²) in [5.74, 6) is 1.29. The molecule has 0 aromatic heterocycles. The third kappa shape index (κ3) is 2.94. The van der Waals surface area contributed by atoms with Crippen LogP contribution in [0.25, 0.3) is 0 Å². The van der Waals surface area contributed by atoms with Gasteiger partial charge in [0, 0.05) is 4.90 Å². The summed E-state index contributed by atoms with van der Waals surface area (Å²) in [5.41, 5.74) is 1.38. The monoisotopic (exact) mass is 236 g/mol. The van der Waals surface area contributed by atoms with Gasteiger partial charge in [-0.05, 0) is 36.3 Å². The molecule has 1 aliphatic carbocycles. The fourth-order valence-electron chi connectivity index (χ4n) is 2.57. The molecule has 0 aliphatic heterocycles. The Kier molecular flexibility index (Phi) is 4.16. The Morgan fingerprint density at radius 3 is 2.69 bits per heavy atom. The first-order chi connectivity index (χ1) is 7.79. The lowest BCUT2D eigenvalue weighted by Crippen LogP contribution is -2.09. The van der Waals surface area contributed by atoms with Crippen LogP contribution < -0.4 is 0 Å². The van der Waals surface area contributed by atoms with Crippen LogP contribution in [-0.4, -0.2) is 11.4 Å². The number of benzene rings is 1. The van der Waals surface area contributed by atoms with Crippen molar-refractivity contribution in [2.75, 3.05) is 6.26 Å². The quantitative estimate of drug-likeness (QED) is 0.792. The molecule has 1 fully saturated rings. The number of hydrogen-bond acceptors (Lipinski definition) is 2. The van der Waals surface area contributed by atoms with Crippen molar-refractivity contribution in [3.8, 4) is 5.75 Å². The Hall–Kier alpha value is -0.630. The molecular weight excluding hydrogens is 216 g/mol. The number of phenols is 1. The van der Waals surface area contributed by atoms with Crippen molar-refractivity contribution in [1.29, 1.82) is 0 Å². The minimum atomic E-state index is 0.417. The van der Waals surface area contributed by atoms with Gasteiger partial charge in [0.15, 0.2) is 0 Å². The molecule has 2 heteroatoms. The van der Waals surface area contributed by atoms with Crippen molar-refractivity contribution in [2.45, 2.75) is 43.4 Å². The highest BCUT2D eigenvalue weighted by molar-refractivity contribution is 7.98. The van der Waals surface area contributed by atoms with Crippen molar-refractivity contribution in [3.05, 3.63) is 23.8 Å². The minimum Gasteiger partial charge on any atom is -0.507 e. The second-order valence-electron chi connectivity index (χ2n) is 4.71. The second kappa shape index (κ2) is 5.62. The maximum absolute atomic E-state index is 9.62. The summed E-state index contributed by atoms with van der Waals surface area (Å²) in [5, 5.41) is 9.62. The van der Waals surface area contributed by atoms with E-state index >= 15 is 0 Å². The predicted octanol–water partition coefficient (Wildman–Crippen LogP) is 4.24. The van der Waals surface area contributed by atoms with Gasteiger partial charge in [-0.2, -0.15) is 0 Å².